The number of rotatable bonds is 6. The van der Waals surface area contributed by atoms with Crippen LogP contribution in [0.5, 0.6) is 11.6 Å². The zero-order chi connectivity index (χ0) is 20.8. The highest BCUT2D eigenvalue weighted by Gasteiger charge is 2.06. The second-order valence-electron chi connectivity index (χ2n) is 6.39. The molecular weight excluding hydrogens is 385 g/mol. The molecule has 152 valence electrons. The van der Waals surface area contributed by atoms with Crippen molar-refractivity contribution in [1.29, 1.82) is 0 Å². The molecule has 0 spiro atoms. The van der Waals surface area contributed by atoms with Crippen molar-refractivity contribution in [2.24, 2.45) is 4.99 Å². The van der Waals surface area contributed by atoms with Crippen molar-refractivity contribution in [3.8, 4) is 11.6 Å². The number of pyridine rings is 2. The van der Waals surface area contributed by atoms with Crippen LogP contribution in [0.4, 0.5) is 4.39 Å². The zero-order valence-electron chi connectivity index (χ0n) is 16.3. The molecule has 8 nitrogen and oxygen atoms in total. The lowest BCUT2D eigenvalue weighted by Gasteiger charge is -2.11. The summed E-state index contributed by atoms with van der Waals surface area (Å²) in [5, 5.41) is 14.8. The minimum atomic E-state index is -0.309. The van der Waals surface area contributed by atoms with E-state index in [1.165, 1.54) is 12.1 Å². The van der Waals surface area contributed by atoms with Gasteiger partial charge < -0.3 is 15.4 Å². The number of halogens is 1. The maximum absolute atomic E-state index is 13.0. The monoisotopic (exact) mass is 405 g/mol. The van der Waals surface area contributed by atoms with Gasteiger partial charge in [-0.25, -0.2) is 9.37 Å². The third-order valence-corrected chi connectivity index (χ3v) is 4.32. The smallest absolute Gasteiger partial charge is 0.219 e. The van der Waals surface area contributed by atoms with E-state index in [0.29, 0.717) is 30.7 Å². The van der Waals surface area contributed by atoms with Crippen LogP contribution in [0.2, 0.25) is 0 Å². The molecule has 2 N–H and O–H groups in total. The van der Waals surface area contributed by atoms with Gasteiger partial charge in [-0.3, -0.25) is 9.39 Å². The maximum Gasteiger partial charge on any atom is 0.219 e. The number of hydrogen-bond acceptors (Lipinski definition) is 5. The first-order valence-corrected chi connectivity index (χ1v) is 9.33. The number of benzene rings is 1. The maximum atomic E-state index is 13.0. The first-order chi connectivity index (χ1) is 14.7. The van der Waals surface area contributed by atoms with E-state index in [9.17, 15) is 4.39 Å². The SMILES string of the molecule is CN=C(NCc1ccc(Oc2ccc(F)cc2)nc1)NCc1nnc2ccccn12. The van der Waals surface area contributed by atoms with Crippen molar-refractivity contribution in [2.45, 2.75) is 13.1 Å². The van der Waals surface area contributed by atoms with Gasteiger partial charge in [0, 0.05) is 32.1 Å². The van der Waals surface area contributed by atoms with Crippen molar-refractivity contribution in [3.05, 3.63) is 84.2 Å². The fraction of sp³-hybridized carbons (Fsp3) is 0.143. The molecule has 3 aromatic heterocycles. The highest BCUT2D eigenvalue weighted by Crippen LogP contribution is 2.19. The first-order valence-electron chi connectivity index (χ1n) is 9.33. The van der Waals surface area contributed by atoms with Crippen LogP contribution in [-0.4, -0.2) is 32.6 Å². The Morgan fingerprint density at radius 2 is 1.87 bits per heavy atom. The molecule has 4 aromatic rings. The number of nitrogens with zero attached hydrogens (tertiary/aromatic N) is 5. The van der Waals surface area contributed by atoms with Crippen LogP contribution in [0.3, 0.4) is 0 Å². The van der Waals surface area contributed by atoms with Crippen molar-refractivity contribution >= 4 is 11.6 Å². The highest BCUT2D eigenvalue weighted by atomic mass is 19.1. The lowest BCUT2D eigenvalue weighted by Crippen LogP contribution is -2.36. The van der Waals surface area contributed by atoms with Gasteiger partial charge in [-0.2, -0.15) is 0 Å². The van der Waals surface area contributed by atoms with Crippen molar-refractivity contribution in [3.63, 3.8) is 0 Å². The van der Waals surface area contributed by atoms with Crippen molar-refractivity contribution in [1.82, 2.24) is 30.2 Å². The second kappa shape index (κ2) is 8.99. The number of ether oxygens (including phenoxy) is 1. The Balaban J connectivity index is 1.30. The summed E-state index contributed by atoms with van der Waals surface area (Å²) < 4.78 is 20.5. The average Bonchev–Trinajstić information content (AvgIpc) is 3.20. The molecule has 0 saturated carbocycles. The summed E-state index contributed by atoms with van der Waals surface area (Å²) in [6.45, 7) is 1.01. The number of nitrogens with one attached hydrogen (secondary N) is 2. The first kappa shape index (κ1) is 19.3. The van der Waals surface area contributed by atoms with Gasteiger partial charge in [-0.15, -0.1) is 10.2 Å². The molecule has 1 aromatic carbocycles. The van der Waals surface area contributed by atoms with Gasteiger partial charge in [0.05, 0.1) is 6.54 Å². The van der Waals surface area contributed by atoms with Gasteiger partial charge in [0.25, 0.3) is 0 Å². The summed E-state index contributed by atoms with van der Waals surface area (Å²) >= 11 is 0. The van der Waals surface area contributed by atoms with Gasteiger partial charge in [0.2, 0.25) is 5.88 Å². The number of aromatic nitrogens is 4. The fourth-order valence-corrected chi connectivity index (χ4v) is 2.78. The van der Waals surface area contributed by atoms with Crippen LogP contribution in [-0.2, 0) is 13.1 Å². The second-order valence-corrected chi connectivity index (χ2v) is 6.39. The topological polar surface area (TPSA) is 88.7 Å². The molecule has 30 heavy (non-hydrogen) atoms. The number of guanidine groups is 1. The summed E-state index contributed by atoms with van der Waals surface area (Å²) in [5.41, 5.74) is 1.75. The lowest BCUT2D eigenvalue weighted by molar-refractivity contribution is 0.461. The molecule has 0 aliphatic heterocycles. The van der Waals surface area contributed by atoms with Gasteiger partial charge in [0.15, 0.2) is 17.4 Å². The van der Waals surface area contributed by atoms with Gasteiger partial charge >= 0.3 is 0 Å². The molecule has 4 rings (SSSR count). The van der Waals surface area contributed by atoms with E-state index < -0.39 is 0 Å². The van der Waals surface area contributed by atoms with Crippen LogP contribution in [0.1, 0.15) is 11.4 Å². The fourth-order valence-electron chi connectivity index (χ4n) is 2.78. The number of hydrogen-bond donors (Lipinski definition) is 2. The normalized spacial score (nSPS) is 11.5. The molecule has 0 bridgehead atoms. The summed E-state index contributed by atoms with van der Waals surface area (Å²) in [4.78, 5) is 8.51. The van der Waals surface area contributed by atoms with Crippen LogP contribution in [0.25, 0.3) is 5.65 Å². The van der Waals surface area contributed by atoms with E-state index in [1.54, 1.807) is 31.4 Å². The van der Waals surface area contributed by atoms with Gasteiger partial charge in [-0.05, 0) is 42.0 Å². The third-order valence-electron chi connectivity index (χ3n) is 4.32. The van der Waals surface area contributed by atoms with Crippen LogP contribution in [0.15, 0.2) is 72.0 Å². The molecule has 3 heterocycles. The van der Waals surface area contributed by atoms with Crippen LogP contribution >= 0.6 is 0 Å². The Kier molecular flexibility index (Phi) is 5.79. The summed E-state index contributed by atoms with van der Waals surface area (Å²) in [5.74, 6) is 2.08. The van der Waals surface area contributed by atoms with E-state index >= 15 is 0 Å². The molecule has 0 aliphatic carbocycles. The predicted octanol–water partition coefficient (Wildman–Crippen LogP) is 2.92. The highest BCUT2D eigenvalue weighted by molar-refractivity contribution is 5.79. The van der Waals surface area contributed by atoms with Crippen LogP contribution in [0, 0.1) is 5.82 Å². The van der Waals surface area contributed by atoms with Crippen molar-refractivity contribution < 1.29 is 9.13 Å². The van der Waals surface area contributed by atoms with E-state index in [4.69, 9.17) is 4.74 Å². The Labute approximate surface area is 172 Å². The van der Waals surface area contributed by atoms with Crippen LogP contribution < -0.4 is 15.4 Å². The van der Waals surface area contributed by atoms with E-state index in [1.807, 2.05) is 34.9 Å². The quantitative estimate of drug-likeness (QED) is 0.379. The number of fused-ring (bicyclic) bond motifs is 1. The molecule has 0 unspecified atom stereocenters. The summed E-state index contributed by atoms with van der Waals surface area (Å²) in [6, 6.07) is 15.2. The standard InChI is InChI=1S/C21H20FN7O/c1-23-21(26-14-19-28-27-18-4-2-3-11-29(18)19)25-13-15-5-10-20(24-12-15)30-17-8-6-16(22)7-9-17/h2-12H,13-14H2,1H3,(H2,23,25,26). The molecule has 0 saturated heterocycles. The van der Waals surface area contributed by atoms with Crippen molar-refractivity contribution in [2.75, 3.05) is 7.05 Å². The Bertz CT molecular complexity index is 1140. The van der Waals surface area contributed by atoms with Gasteiger partial charge in [0.1, 0.15) is 11.6 Å². The Morgan fingerprint density at radius 1 is 1.03 bits per heavy atom. The molecule has 0 amide bonds. The summed E-state index contributed by atoms with van der Waals surface area (Å²) in [6.07, 6.45) is 3.63. The van der Waals surface area contributed by atoms with E-state index in [2.05, 4.69) is 30.8 Å². The molecule has 0 radical (unpaired) electrons. The predicted molar refractivity (Wildman–Crippen MR) is 111 cm³/mol. The summed E-state index contributed by atoms with van der Waals surface area (Å²) in [7, 11) is 1.70. The molecule has 0 atom stereocenters. The van der Waals surface area contributed by atoms with E-state index in [0.717, 1.165) is 17.0 Å². The largest absolute Gasteiger partial charge is 0.439 e. The zero-order valence-corrected chi connectivity index (χ0v) is 16.3. The molecule has 0 fully saturated rings. The average molecular weight is 405 g/mol. The Hall–Kier alpha value is -4.01. The minimum Gasteiger partial charge on any atom is -0.439 e. The minimum absolute atomic E-state index is 0.309. The lowest BCUT2D eigenvalue weighted by atomic mass is 10.3. The third kappa shape index (κ3) is 4.69. The molecule has 9 heteroatoms. The Morgan fingerprint density at radius 3 is 2.63 bits per heavy atom. The van der Waals surface area contributed by atoms with E-state index in [-0.39, 0.29) is 5.82 Å². The molecular formula is C21H20FN7O. The number of aliphatic imine (C=N–C) groups is 1. The van der Waals surface area contributed by atoms with Gasteiger partial charge in [-0.1, -0.05) is 12.1 Å². The molecule has 0 aliphatic rings.